The first kappa shape index (κ1) is 68.0. The van der Waals surface area contributed by atoms with Crippen molar-refractivity contribution in [2.24, 2.45) is 0 Å². The molecule has 410 valence electrons. The number of carbonyl (C=O) groups is 1. The Kier molecular flexibility index (Phi) is 51.1. The number of aliphatic hydroxyl groups excluding tert-OH is 1. The Balaban J connectivity index is 4.05. The molecule has 0 saturated heterocycles. The van der Waals surface area contributed by atoms with Crippen LogP contribution in [0.4, 0.5) is 0 Å². The molecule has 3 unspecified atom stereocenters. The fourth-order valence-corrected chi connectivity index (χ4v) is 9.91. The molecule has 2 N–H and O–H groups in total. The largest absolute Gasteiger partial charge is 0.756 e. The number of phosphoric acid groups is 1. The normalized spacial score (nSPS) is 14.0. The molecular weight excluding hydrogens is 876 g/mol. The lowest BCUT2D eigenvalue weighted by Crippen LogP contribution is -2.46. The van der Waals surface area contributed by atoms with Crippen LogP contribution >= 0.6 is 7.82 Å². The number of aliphatic hydroxyl groups is 1. The fourth-order valence-electron chi connectivity index (χ4n) is 9.19. The summed E-state index contributed by atoms with van der Waals surface area (Å²) >= 11 is 0. The van der Waals surface area contributed by atoms with E-state index < -0.39 is 20.0 Å². The van der Waals surface area contributed by atoms with Crippen molar-refractivity contribution in [1.82, 2.24) is 5.32 Å². The van der Waals surface area contributed by atoms with E-state index in [2.05, 4.69) is 43.5 Å². The minimum absolute atomic E-state index is 0.0116. The summed E-state index contributed by atoms with van der Waals surface area (Å²) in [7, 11) is 1.31. The van der Waals surface area contributed by atoms with Gasteiger partial charge in [-0.05, 0) is 44.9 Å². The number of quaternary nitrogens is 1. The second kappa shape index (κ2) is 51.9. The maximum absolute atomic E-state index is 13.0. The Labute approximate surface area is 430 Å². The lowest BCUT2D eigenvalue weighted by atomic mass is 10.0. The number of unbranched alkanes of at least 4 members (excludes halogenated alkanes) is 39. The van der Waals surface area contributed by atoms with Gasteiger partial charge in [0.25, 0.3) is 7.82 Å². The van der Waals surface area contributed by atoms with Crippen LogP contribution in [0.2, 0.25) is 0 Å². The predicted octanol–water partition coefficient (Wildman–Crippen LogP) is 17.7. The number of allylic oxidation sites excluding steroid dienone is 4. The third-order valence-electron chi connectivity index (χ3n) is 13.9. The van der Waals surface area contributed by atoms with E-state index in [-0.39, 0.29) is 19.1 Å². The Bertz CT molecular complexity index is 1170. The first-order valence-electron chi connectivity index (χ1n) is 30.2. The van der Waals surface area contributed by atoms with Crippen molar-refractivity contribution in [3.05, 3.63) is 24.3 Å². The molecule has 0 bridgehead atoms. The minimum atomic E-state index is -4.57. The maximum Gasteiger partial charge on any atom is 0.268 e. The van der Waals surface area contributed by atoms with Gasteiger partial charge in [-0.25, -0.2) is 0 Å². The van der Waals surface area contributed by atoms with Crippen molar-refractivity contribution in [2.75, 3.05) is 40.9 Å². The Morgan fingerprint density at radius 2 is 0.841 bits per heavy atom. The molecular formula is C60H119N2O6P. The highest BCUT2D eigenvalue weighted by atomic mass is 31.2. The first-order valence-corrected chi connectivity index (χ1v) is 31.6. The Morgan fingerprint density at radius 1 is 0.507 bits per heavy atom. The molecule has 0 aromatic rings. The standard InChI is InChI=1S/C60H119N2O6P/c1-6-8-10-12-14-16-18-20-22-24-25-26-27-28-29-30-31-32-33-34-35-36-38-39-41-43-45-47-49-51-53-59(63)58(57-68-69(65,66)67-56-55-62(3,4)5)61-60(64)54-52-50-48-46-44-42-40-37-23-21-19-17-15-13-11-9-7-2/h15,17,21,23,58-59,63H,6-14,16,18-20,22,24-57H2,1-5H3,(H-,61,64,65,66)/b17-15-,23-21-. The maximum atomic E-state index is 13.0. The highest BCUT2D eigenvalue weighted by molar-refractivity contribution is 7.45. The van der Waals surface area contributed by atoms with E-state index in [0.29, 0.717) is 23.9 Å². The van der Waals surface area contributed by atoms with Crippen molar-refractivity contribution in [3.8, 4) is 0 Å². The van der Waals surface area contributed by atoms with Gasteiger partial charge in [-0.3, -0.25) is 9.36 Å². The SMILES string of the molecule is CCCCC/C=C\C/C=C\CCCCCCCCCC(=O)NC(COP(=O)([O-])OCC[N+](C)(C)C)C(O)CCCCCCCCCCCCCCCCCCCCCCCCCCCCCCCC. The van der Waals surface area contributed by atoms with Gasteiger partial charge in [0.2, 0.25) is 5.91 Å². The van der Waals surface area contributed by atoms with Gasteiger partial charge >= 0.3 is 0 Å². The molecule has 69 heavy (non-hydrogen) atoms. The van der Waals surface area contributed by atoms with Gasteiger partial charge in [0.05, 0.1) is 39.9 Å². The molecule has 0 aliphatic rings. The van der Waals surface area contributed by atoms with E-state index in [1.165, 1.54) is 225 Å². The summed E-state index contributed by atoms with van der Waals surface area (Å²) in [6.07, 6.45) is 65.1. The van der Waals surface area contributed by atoms with Gasteiger partial charge < -0.3 is 28.8 Å². The Hall–Kier alpha value is -1.02. The van der Waals surface area contributed by atoms with Crippen LogP contribution in [0.1, 0.15) is 303 Å². The number of hydrogen-bond acceptors (Lipinski definition) is 6. The first-order chi connectivity index (χ1) is 33.5. The number of phosphoric ester groups is 1. The van der Waals surface area contributed by atoms with Gasteiger partial charge in [0.15, 0.2) is 0 Å². The summed E-state index contributed by atoms with van der Waals surface area (Å²) in [4.78, 5) is 25.5. The lowest BCUT2D eigenvalue weighted by Gasteiger charge is -2.30. The van der Waals surface area contributed by atoms with Crippen LogP contribution in [0.3, 0.4) is 0 Å². The molecule has 0 spiro atoms. The zero-order valence-corrected chi connectivity index (χ0v) is 47.7. The fraction of sp³-hybridized carbons (Fsp3) is 0.917. The summed E-state index contributed by atoms with van der Waals surface area (Å²) in [6, 6.07) is -0.804. The number of nitrogens with one attached hydrogen (secondary N) is 1. The average molecular weight is 996 g/mol. The zero-order chi connectivity index (χ0) is 50.6. The highest BCUT2D eigenvalue weighted by Gasteiger charge is 2.24. The molecule has 3 atom stereocenters. The molecule has 0 rings (SSSR count). The molecule has 8 nitrogen and oxygen atoms in total. The average Bonchev–Trinajstić information content (AvgIpc) is 3.31. The summed E-state index contributed by atoms with van der Waals surface area (Å²) in [6.45, 7) is 4.73. The predicted molar refractivity (Wildman–Crippen MR) is 298 cm³/mol. The number of carbonyl (C=O) groups excluding carboxylic acids is 1. The molecule has 0 aliphatic heterocycles. The van der Waals surface area contributed by atoms with E-state index in [9.17, 15) is 19.4 Å². The van der Waals surface area contributed by atoms with Crippen LogP contribution in [0.25, 0.3) is 0 Å². The second-order valence-corrected chi connectivity index (χ2v) is 23.5. The topological polar surface area (TPSA) is 108 Å². The van der Waals surface area contributed by atoms with Crippen LogP contribution in [0.15, 0.2) is 24.3 Å². The Morgan fingerprint density at radius 3 is 1.23 bits per heavy atom. The smallest absolute Gasteiger partial charge is 0.268 e. The summed E-state index contributed by atoms with van der Waals surface area (Å²) in [5.41, 5.74) is 0. The summed E-state index contributed by atoms with van der Waals surface area (Å²) in [5, 5.41) is 14.0. The van der Waals surface area contributed by atoms with Crippen LogP contribution in [-0.2, 0) is 18.4 Å². The van der Waals surface area contributed by atoms with E-state index >= 15 is 0 Å². The van der Waals surface area contributed by atoms with Crippen molar-refractivity contribution in [1.29, 1.82) is 0 Å². The van der Waals surface area contributed by atoms with Crippen LogP contribution in [-0.4, -0.2) is 68.5 Å². The summed E-state index contributed by atoms with van der Waals surface area (Å²) in [5.74, 6) is -0.169. The molecule has 0 saturated carbocycles. The molecule has 0 aromatic carbocycles. The van der Waals surface area contributed by atoms with Crippen molar-refractivity contribution in [3.63, 3.8) is 0 Å². The molecule has 0 aliphatic carbocycles. The lowest BCUT2D eigenvalue weighted by molar-refractivity contribution is -0.870. The van der Waals surface area contributed by atoms with Gasteiger partial charge in [-0.1, -0.05) is 276 Å². The molecule has 0 fully saturated rings. The van der Waals surface area contributed by atoms with E-state index in [1.807, 2.05) is 21.1 Å². The van der Waals surface area contributed by atoms with Gasteiger partial charge in [0.1, 0.15) is 13.2 Å². The molecule has 0 radical (unpaired) electrons. The minimum Gasteiger partial charge on any atom is -0.756 e. The van der Waals surface area contributed by atoms with Crippen LogP contribution in [0, 0.1) is 0 Å². The quantitative estimate of drug-likeness (QED) is 0.0272. The van der Waals surface area contributed by atoms with Gasteiger partial charge in [-0.2, -0.15) is 0 Å². The molecule has 0 aromatic heterocycles. The van der Waals surface area contributed by atoms with E-state index in [0.717, 1.165) is 51.4 Å². The molecule has 9 heteroatoms. The number of nitrogens with zero attached hydrogens (tertiary/aromatic N) is 1. The second-order valence-electron chi connectivity index (χ2n) is 22.1. The number of amides is 1. The number of likely N-dealkylation sites (N-methyl/N-ethyl adjacent to an activating group) is 1. The van der Waals surface area contributed by atoms with Crippen molar-refractivity contribution >= 4 is 13.7 Å². The van der Waals surface area contributed by atoms with Crippen LogP contribution < -0.4 is 10.2 Å². The monoisotopic (exact) mass is 995 g/mol. The highest BCUT2D eigenvalue weighted by Crippen LogP contribution is 2.38. The van der Waals surface area contributed by atoms with Gasteiger partial charge in [0, 0.05) is 6.42 Å². The van der Waals surface area contributed by atoms with Crippen molar-refractivity contribution in [2.45, 2.75) is 315 Å². The summed E-state index contributed by atoms with van der Waals surface area (Å²) < 4.78 is 23.4. The number of rotatable bonds is 56. The van der Waals surface area contributed by atoms with Gasteiger partial charge in [-0.15, -0.1) is 0 Å². The molecule has 0 heterocycles. The number of hydrogen-bond donors (Lipinski definition) is 2. The third kappa shape index (κ3) is 54.6. The van der Waals surface area contributed by atoms with E-state index in [1.54, 1.807) is 0 Å². The third-order valence-corrected chi connectivity index (χ3v) is 14.9. The van der Waals surface area contributed by atoms with Crippen molar-refractivity contribution < 1.29 is 32.9 Å². The van der Waals surface area contributed by atoms with E-state index in [4.69, 9.17) is 9.05 Å². The molecule has 1 amide bonds. The van der Waals surface area contributed by atoms with Crippen LogP contribution in [0.5, 0.6) is 0 Å². The zero-order valence-electron chi connectivity index (χ0n) is 46.8.